The summed E-state index contributed by atoms with van der Waals surface area (Å²) in [6.07, 6.45) is 0.734. The molecule has 1 rings (SSSR count). The van der Waals surface area contributed by atoms with Gasteiger partial charge in [-0.3, -0.25) is 4.98 Å². The predicted octanol–water partition coefficient (Wildman–Crippen LogP) is 1.90. The largest absolute Gasteiger partial charge is 0.494 e. The molecule has 0 saturated heterocycles. The van der Waals surface area contributed by atoms with Crippen LogP contribution in [0.5, 0.6) is 5.75 Å². The monoisotopic (exact) mass is 242 g/mol. The Kier molecular flexibility index (Phi) is 5.31. The highest BCUT2D eigenvalue weighted by molar-refractivity contribution is 5.43. The van der Waals surface area contributed by atoms with Crippen molar-refractivity contribution in [3.05, 3.63) is 23.0 Å². The molecule has 0 fully saturated rings. The van der Waals surface area contributed by atoms with Gasteiger partial charge in [0.1, 0.15) is 11.9 Å². The van der Waals surface area contributed by atoms with Crippen molar-refractivity contribution in [3.63, 3.8) is 0 Å². The second kappa shape index (κ2) is 6.51. The maximum Gasteiger partial charge on any atom is 0.146 e. The van der Waals surface area contributed by atoms with Crippen molar-refractivity contribution in [2.45, 2.75) is 26.1 Å². The molecule has 0 aromatic carbocycles. The van der Waals surface area contributed by atoms with Gasteiger partial charge in [0.25, 0.3) is 0 Å². The second-order valence-corrected chi connectivity index (χ2v) is 3.79. The molecule has 0 aliphatic carbocycles. The van der Waals surface area contributed by atoms with E-state index in [0.29, 0.717) is 29.2 Å². The van der Waals surface area contributed by atoms with Gasteiger partial charge in [0, 0.05) is 24.4 Å². The van der Waals surface area contributed by atoms with E-state index >= 15 is 0 Å². The summed E-state index contributed by atoms with van der Waals surface area (Å²) in [6.45, 7) is 2.39. The Labute approximate surface area is 101 Å². The number of rotatable bonds is 6. The van der Waals surface area contributed by atoms with Crippen LogP contribution in [0.3, 0.4) is 0 Å². The summed E-state index contributed by atoms with van der Waals surface area (Å²) in [6, 6.07) is 0. The number of pyridine rings is 1. The molecule has 0 saturated carbocycles. The lowest BCUT2D eigenvalue weighted by atomic mass is 10.0. The number of ether oxygens (including phenoxy) is 2. The Bertz CT molecular complexity index is 372. The van der Waals surface area contributed by atoms with Crippen LogP contribution in [-0.2, 0) is 11.3 Å². The van der Waals surface area contributed by atoms with Crippen LogP contribution in [0, 0.1) is 6.92 Å². The van der Waals surface area contributed by atoms with Gasteiger partial charge >= 0.3 is 0 Å². The number of aryl methyl sites for hydroxylation is 1. The first-order valence-corrected chi connectivity index (χ1v) is 5.51. The maximum atomic E-state index is 14.1. The molecule has 0 bridgehead atoms. The fraction of sp³-hybridized carbons (Fsp3) is 0.583. The highest BCUT2D eigenvalue weighted by Crippen LogP contribution is 2.34. The van der Waals surface area contributed by atoms with Gasteiger partial charge in [0.2, 0.25) is 0 Å². The van der Waals surface area contributed by atoms with Crippen LogP contribution in [0.1, 0.15) is 29.4 Å². The van der Waals surface area contributed by atoms with Crippen molar-refractivity contribution in [2.75, 3.05) is 20.8 Å². The summed E-state index contributed by atoms with van der Waals surface area (Å²) in [5.41, 5.74) is 7.27. The van der Waals surface area contributed by atoms with Crippen LogP contribution in [0.2, 0.25) is 0 Å². The molecule has 1 aromatic rings. The van der Waals surface area contributed by atoms with E-state index in [4.69, 9.17) is 15.2 Å². The summed E-state index contributed by atoms with van der Waals surface area (Å²) >= 11 is 0. The predicted molar refractivity (Wildman–Crippen MR) is 63.8 cm³/mol. The van der Waals surface area contributed by atoms with Crippen LogP contribution in [0.25, 0.3) is 0 Å². The number of hydrogen-bond donors (Lipinski definition) is 1. The first kappa shape index (κ1) is 13.9. The van der Waals surface area contributed by atoms with E-state index in [1.165, 1.54) is 7.11 Å². The van der Waals surface area contributed by atoms with Crippen LogP contribution >= 0.6 is 0 Å². The number of nitrogens with zero attached hydrogens (tertiary/aromatic N) is 1. The SMILES string of the molecule is COCc1cnc(C)c(OC)c1C(F)CCN. The number of halogens is 1. The van der Waals surface area contributed by atoms with Gasteiger partial charge in [0.05, 0.1) is 19.4 Å². The molecule has 0 spiro atoms. The number of hydrogen-bond acceptors (Lipinski definition) is 4. The average molecular weight is 242 g/mol. The topological polar surface area (TPSA) is 57.4 Å². The zero-order valence-electron chi connectivity index (χ0n) is 10.5. The Balaban J connectivity index is 3.22. The van der Waals surface area contributed by atoms with Gasteiger partial charge in [-0.05, 0) is 19.9 Å². The molecule has 4 nitrogen and oxygen atoms in total. The molecule has 0 radical (unpaired) electrons. The Morgan fingerprint density at radius 2 is 2.18 bits per heavy atom. The molecule has 0 amide bonds. The molecule has 0 aliphatic heterocycles. The molecule has 1 unspecified atom stereocenters. The lowest BCUT2D eigenvalue weighted by Gasteiger charge is -2.17. The van der Waals surface area contributed by atoms with E-state index < -0.39 is 6.17 Å². The van der Waals surface area contributed by atoms with Crippen LogP contribution in [0.15, 0.2) is 6.20 Å². The number of nitrogens with two attached hydrogens (primary N) is 1. The van der Waals surface area contributed by atoms with Crippen molar-refractivity contribution >= 4 is 0 Å². The van der Waals surface area contributed by atoms with Gasteiger partial charge in [-0.2, -0.15) is 0 Å². The Hall–Kier alpha value is -1.20. The van der Waals surface area contributed by atoms with Gasteiger partial charge in [-0.1, -0.05) is 0 Å². The van der Waals surface area contributed by atoms with Gasteiger partial charge in [0.15, 0.2) is 0 Å². The molecule has 17 heavy (non-hydrogen) atoms. The normalized spacial score (nSPS) is 12.5. The summed E-state index contributed by atoms with van der Waals surface area (Å²) in [4.78, 5) is 4.17. The molecule has 1 atom stereocenters. The minimum absolute atomic E-state index is 0.260. The quantitative estimate of drug-likeness (QED) is 0.827. The number of methoxy groups -OCH3 is 2. The van der Waals surface area contributed by atoms with E-state index in [1.807, 2.05) is 0 Å². The first-order valence-electron chi connectivity index (χ1n) is 5.51. The highest BCUT2D eigenvalue weighted by Gasteiger charge is 2.21. The number of aromatic nitrogens is 1. The summed E-state index contributed by atoms with van der Waals surface area (Å²) in [7, 11) is 3.07. The van der Waals surface area contributed by atoms with Crippen molar-refractivity contribution in [3.8, 4) is 5.75 Å². The molecule has 96 valence electrons. The Morgan fingerprint density at radius 3 is 2.71 bits per heavy atom. The van der Waals surface area contributed by atoms with Crippen LogP contribution < -0.4 is 10.5 Å². The third-order valence-corrected chi connectivity index (χ3v) is 2.57. The molecular weight excluding hydrogens is 223 g/mol. The fourth-order valence-corrected chi connectivity index (χ4v) is 1.81. The van der Waals surface area contributed by atoms with Gasteiger partial charge in [-0.15, -0.1) is 0 Å². The molecule has 0 aliphatic rings. The van der Waals surface area contributed by atoms with E-state index in [9.17, 15) is 4.39 Å². The van der Waals surface area contributed by atoms with Gasteiger partial charge in [-0.25, -0.2) is 4.39 Å². The molecule has 5 heteroatoms. The fourth-order valence-electron chi connectivity index (χ4n) is 1.81. The molecule has 1 heterocycles. The van der Waals surface area contributed by atoms with Crippen LogP contribution in [-0.4, -0.2) is 25.7 Å². The zero-order valence-corrected chi connectivity index (χ0v) is 10.5. The summed E-state index contributed by atoms with van der Waals surface area (Å²) in [5, 5.41) is 0. The lowest BCUT2D eigenvalue weighted by molar-refractivity contribution is 0.180. The smallest absolute Gasteiger partial charge is 0.146 e. The lowest BCUT2D eigenvalue weighted by Crippen LogP contribution is -2.09. The van der Waals surface area contributed by atoms with Gasteiger partial charge < -0.3 is 15.2 Å². The van der Waals surface area contributed by atoms with Crippen molar-refractivity contribution in [2.24, 2.45) is 5.73 Å². The van der Waals surface area contributed by atoms with Crippen molar-refractivity contribution < 1.29 is 13.9 Å². The Morgan fingerprint density at radius 1 is 1.47 bits per heavy atom. The maximum absolute atomic E-state index is 14.1. The third kappa shape index (κ3) is 3.14. The highest BCUT2D eigenvalue weighted by atomic mass is 19.1. The van der Waals surface area contributed by atoms with E-state index in [-0.39, 0.29) is 13.0 Å². The van der Waals surface area contributed by atoms with E-state index in [0.717, 1.165) is 0 Å². The van der Waals surface area contributed by atoms with Crippen molar-refractivity contribution in [1.29, 1.82) is 0 Å². The second-order valence-electron chi connectivity index (χ2n) is 3.79. The third-order valence-electron chi connectivity index (χ3n) is 2.57. The zero-order chi connectivity index (χ0) is 12.8. The van der Waals surface area contributed by atoms with E-state index in [2.05, 4.69) is 4.98 Å². The minimum atomic E-state index is -1.15. The van der Waals surface area contributed by atoms with E-state index in [1.54, 1.807) is 20.2 Å². The minimum Gasteiger partial charge on any atom is -0.494 e. The average Bonchev–Trinajstić information content (AvgIpc) is 2.31. The number of alkyl halides is 1. The summed E-state index contributed by atoms with van der Waals surface area (Å²) < 4.78 is 24.4. The van der Waals surface area contributed by atoms with Crippen LogP contribution in [0.4, 0.5) is 4.39 Å². The molecule has 1 aromatic heterocycles. The molecule has 2 N–H and O–H groups in total. The standard InChI is InChI=1S/C12H19FN2O2/c1-8-12(17-3)11(10(13)4-5-14)9(6-15-8)7-16-2/h6,10H,4-5,7,14H2,1-3H3. The first-order chi connectivity index (χ1) is 8.15. The van der Waals surface area contributed by atoms with Crippen molar-refractivity contribution in [1.82, 2.24) is 4.98 Å². The molecular formula is C12H19FN2O2. The summed E-state index contributed by atoms with van der Waals surface area (Å²) in [5.74, 6) is 0.487.